The Morgan fingerprint density at radius 2 is 1.84 bits per heavy atom. The lowest BCUT2D eigenvalue weighted by atomic mass is 10.0. The van der Waals surface area contributed by atoms with Gasteiger partial charge < -0.3 is 4.57 Å². The van der Waals surface area contributed by atoms with E-state index >= 15 is 0 Å². The number of aromatic nitrogens is 4. The number of benzene rings is 2. The Bertz CT molecular complexity index is 1520. The Balaban J connectivity index is 1.50. The minimum Gasteiger partial charge on any atom is -0.311 e. The Morgan fingerprint density at radius 1 is 1.00 bits per heavy atom. The maximum atomic E-state index is 13.4. The summed E-state index contributed by atoms with van der Waals surface area (Å²) in [5, 5.41) is 8.56. The SMILES string of the molecule is Cc1cc(-c2n[nH]c3ccc(-c4ccn(Cc5ccc(F)c(Cl)c5)c(=O)c4)cc23)ccn1. The van der Waals surface area contributed by atoms with E-state index < -0.39 is 5.82 Å². The van der Waals surface area contributed by atoms with Crippen molar-refractivity contribution < 1.29 is 4.39 Å². The van der Waals surface area contributed by atoms with Crippen LogP contribution >= 0.6 is 11.6 Å². The van der Waals surface area contributed by atoms with Crippen LogP contribution in [-0.4, -0.2) is 19.7 Å². The quantitative estimate of drug-likeness (QED) is 0.392. The summed E-state index contributed by atoms with van der Waals surface area (Å²) in [6.07, 6.45) is 3.50. The molecule has 3 heterocycles. The Labute approximate surface area is 188 Å². The number of nitrogens with one attached hydrogen (secondary N) is 1. The molecule has 2 aromatic carbocycles. The van der Waals surface area contributed by atoms with Gasteiger partial charge in [0.1, 0.15) is 11.5 Å². The molecule has 0 aliphatic rings. The number of aryl methyl sites for hydroxylation is 1. The predicted octanol–water partition coefficient (Wildman–Crippen LogP) is 5.60. The number of hydrogen-bond acceptors (Lipinski definition) is 3. The average molecular weight is 445 g/mol. The summed E-state index contributed by atoms with van der Waals surface area (Å²) in [7, 11) is 0. The van der Waals surface area contributed by atoms with Crippen LogP contribution in [0.15, 0.2) is 77.9 Å². The van der Waals surface area contributed by atoms with Crippen LogP contribution in [0.3, 0.4) is 0 Å². The van der Waals surface area contributed by atoms with Crippen LogP contribution in [0.1, 0.15) is 11.3 Å². The van der Waals surface area contributed by atoms with E-state index in [1.807, 2.05) is 43.3 Å². The number of fused-ring (bicyclic) bond motifs is 1. The highest BCUT2D eigenvalue weighted by atomic mass is 35.5. The summed E-state index contributed by atoms with van der Waals surface area (Å²) < 4.78 is 15.0. The van der Waals surface area contributed by atoms with Gasteiger partial charge in [0.15, 0.2) is 0 Å². The molecule has 158 valence electrons. The van der Waals surface area contributed by atoms with Gasteiger partial charge >= 0.3 is 0 Å². The van der Waals surface area contributed by atoms with Crippen molar-refractivity contribution in [2.24, 2.45) is 0 Å². The van der Waals surface area contributed by atoms with Gasteiger partial charge in [-0.25, -0.2) is 4.39 Å². The van der Waals surface area contributed by atoms with Crippen LogP contribution in [-0.2, 0) is 6.54 Å². The second-order valence-corrected chi connectivity index (χ2v) is 8.06. The lowest BCUT2D eigenvalue weighted by molar-refractivity contribution is 0.626. The fourth-order valence-electron chi connectivity index (χ4n) is 3.76. The molecule has 0 saturated carbocycles. The van der Waals surface area contributed by atoms with Gasteiger partial charge in [0, 0.05) is 35.1 Å². The smallest absolute Gasteiger partial charge is 0.251 e. The molecule has 3 aromatic heterocycles. The summed E-state index contributed by atoms with van der Waals surface area (Å²) >= 11 is 5.86. The van der Waals surface area contributed by atoms with E-state index in [4.69, 9.17) is 11.6 Å². The normalized spacial score (nSPS) is 11.2. The van der Waals surface area contributed by atoms with Crippen LogP contribution < -0.4 is 5.56 Å². The van der Waals surface area contributed by atoms with E-state index in [9.17, 15) is 9.18 Å². The summed E-state index contributed by atoms with van der Waals surface area (Å²) in [6.45, 7) is 2.25. The predicted molar refractivity (Wildman–Crippen MR) is 124 cm³/mol. The zero-order valence-corrected chi connectivity index (χ0v) is 17.9. The number of nitrogens with zero attached hydrogens (tertiary/aromatic N) is 3. The molecule has 5 aromatic rings. The van der Waals surface area contributed by atoms with E-state index in [1.54, 1.807) is 29.1 Å². The highest BCUT2D eigenvalue weighted by Gasteiger charge is 2.11. The molecule has 1 N–H and O–H groups in total. The number of halogens is 2. The molecule has 0 aliphatic heterocycles. The highest BCUT2D eigenvalue weighted by Crippen LogP contribution is 2.30. The molecule has 32 heavy (non-hydrogen) atoms. The van der Waals surface area contributed by atoms with Gasteiger partial charge in [0.25, 0.3) is 5.56 Å². The van der Waals surface area contributed by atoms with E-state index in [0.29, 0.717) is 6.54 Å². The van der Waals surface area contributed by atoms with Gasteiger partial charge in [-0.1, -0.05) is 23.7 Å². The molecule has 0 aliphatic carbocycles. The molecule has 5 nitrogen and oxygen atoms in total. The first kappa shape index (κ1) is 20.2. The zero-order valence-electron chi connectivity index (χ0n) is 17.1. The maximum Gasteiger partial charge on any atom is 0.251 e. The van der Waals surface area contributed by atoms with Crippen molar-refractivity contribution in [1.29, 1.82) is 0 Å². The number of aromatic amines is 1. The van der Waals surface area contributed by atoms with Crippen LogP contribution in [0.25, 0.3) is 33.3 Å². The monoisotopic (exact) mass is 444 g/mol. The van der Waals surface area contributed by atoms with Gasteiger partial charge in [0.05, 0.1) is 17.1 Å². The van der Waals surface area contributed by atoms with E-state index in [2.05, 4.69) is 15.2 Å². The molecule has 5 rings (SSSR count). The Kier molecular flexibility index (Phi) is 5.07. The average Bonchev–Trinajstić information content (AvgIpc) is 3.21. The lowest BCUT2D eigenvalue weighted by Gasteiger charge is -2.09. The first-order valence-electron chi connectivity index (χ1n) is 10.0. The topological polar surface area (TPSA) is 63.6 Å². The Hall–Kier alpha value is -3.77. The molecule has 0 saturated heterocycles. The highest BCUT2D eigenvalue weighted by molar-refractivity contribution is 6.30. The van der Waals surface area contributed by atoms with Gasteiger partial charge in [-0.3, -0.25) is 14.9 Å². The van der Waals surface area contributed by atoms with Crippen LogP contribution in [0.5, 0.6) is 0 Å². The molecular weight excluding hydrogens is 427 g/mol. The standard InChI is InChI=1S/C25H18ClFN4O/c1-15-10-19(6-8-28-15)25-20-12-17(3-5-23(20)29-30-25)18-7-9-31(24(32)13-18)14-16-2-4-22(27)21(26)11-16/h2-13H,14H2,1H3,(H,29,30). The third-order valence-corrected chi connectivity index (χ3v) is 5.69. The summed E-state index contributed by atoms with van der Waals surface area (Å²) in [5.41, 5.74) is 5.98. The van der Waals surface area contributed by atoms with E-state index in [0.717, 1.165) is 44.5 Å². The molecule has 0 amide bonds. The van der Waals surface area contributed by atoms with E-state index in [-0.39, 0.29) is 10.6 Å². The van der Waals surface area contributed by atoms with E-state index in [1.165, 1.54) is 12.1 Å². The Morgan fingerprint density at radius 3 is 2.62 bits per heavy atom. The number of pyridine rings is 2. The van der Waals surface area contributed by atoms with Crippen molar-refractivity contribution in [2.45, 2.75) is 13.5 Å². The first-order chi connectivity index (χ1) is 15.5. The van der Waals surface area contributed by atoms with Crippen molar-refractivity contribution in [1.82, 2.24) is 19.7 Å². The van der Waals surface area contributed by atoms with Crippen molar-refractivity contribution in [3.05, 3.63) is 106 Å². The van der Waals surface area contributed by atoms with Crippen LogP contribution in [0.2, 0.25) is 5.02 Å². The summed E-state index contributed by atoms with van der Waals surface area (Å²) in [4.78, 5) is 17.0. The van der Waals surface area contributed by atoms with Crippen molar-refractivity contribution >= 4 is 22.5 Å². The second-order valence-electron chi connectivity index (χ2n) is 7.65. The number of H-pyrrole nitrogens is 1. The third-order valence-electron chi connectivity index (χ3n) is 5.40. The van der Waals surface area contributed by atoms with Gasteiger partial charge in [-0.2, -0.15) is 5.10 Å². The van der Waals surface area contributed by atoms with Crippen LogP contribution in [0, 0.1) is 12.7 Å². The molecule has 0 radical (unpaired) electrons. The van der Waals surface area contributed by atoms with Gasteiger partial charge in [-0.15, -0.1) is 0 Å². The van der Waals surface area contributed by atoms with Gasteiger partial charge in [-0.05, 0) is 66.1 Å². The minimum atomic E-state index is -0.478. The van der Waals surface area contributed by atoms with Crippen LogP contribution in [0.4, 0.5) is 4.39 Å². The fraction of sp³-hybridized carbons (Fsp3) is 0.0800. The summed E-state index contributed by atoms with van der Waals surface area (Å²) in [6, 6.07) is 17.8. The molecule has 0 bridgehead atoms. The lowest BCUT2D eigenvalue weighted by Crippen LogP contribution is -2.19. The second kappa shape index (κ2) is 8.05. The first-order valence-corrected chi connectivity index (χ1v) is 10.4. The van der Waals surface area contributed by atoms with Crippen molar-refractivity contribution in [3.8, 4) is 22.4 Å². The molecule has 0 unspecified atom stereocenters. The zero-order chi connectivity index (χ0) is 22.2. The number of hydrogen-bond donors (Lipinski definition) is 1. The fourth-order valence-corrected chi connectivity index (χ4v) is 3.96. The minimum absolute atomic E-state index is 0.0424. The van der Waals surface area contributed by atoms with Gasteiger partial charge in [0.2, 0.25) is 0 Å². The largest absolute Gasteiger partial charge is 0.311 e. The number of rotatable bonds is 4. The van der Waals surface area contributed by atoms with Crippen molar-refractivity contribution in [3.63, 3.8) is 0 Å². The van der Waals surface area contributed by atoms with Crippen molar-refractivity contribution in [2.75, 3.05) is 0 Å². The molecule has 0 spiro atoms. The summed E-state index contributed by atoms with van der Waals surface area (Å²) in [5.74, 6) is -0.478. The molecular formula is C25H18ClFN4O. The molecule has 0 fully saturated rings. The molecule has 7 heteroatoms. The molecule has 0 atom stereocenters. The maximum absolute atomic E-state index is 13.4. The third kappa shape index (κ3) is 3.81.